The van der Waals surface area contributed by atoms with E-state index < -0.39 is 0 Å². The van der Waals surface area contributed by atoms with Crippen molar-refractivity contribution in [3.63, 3.8) is 0 Å². The molecule has 0 saturated heterocycles. The maximum Gasteiger partial charge on any atom is 0.141 e. The van der Waals surface area contributed by atoms with Crippen molar-refractivity contribution in [1.29, 1.82) is 0 Å². The average molecular weight is 293 g/mol. The van der Waals surface area contributed by atoms with Gasteiger partial charge in [0.2, 0.25) is 0 Å². The molecule has 0 amide bonds. The fourth-order valence-electron chi connectivity index (χ4n) is 3.10. The Kier molecular flexibility index (Phi) is 6.58. The van der Waals surface area contributed by atoms with Crippen molar-refractivity contribution >= 4 is 0 Å². The maximum absolute atomic E-state index is 12.8. The third-order valence-corrected chi connectivity index (χ3v) is 4.53. The number of aromatic nitrogens is 1. The predicted molar refractivity (Wildman–Crippen MR) is 84.7 cm³/mol. The molecule has 0 spiro atoms. The van der Waals surface area contributed by atoms with Gasteiger partial charge in [-0.3, -0.25) is 4.98 Å². The number of halogens is 1. The van der Waals surface area contributed by atoms with E-state index in [-0.39, 0.29) is 11.9 Å². The van der Waals surface area contributed by atoms with Gasteiger partial charge >= 0.3 is 0 Å². The Balaban J connectivity index is 1.63. The topological polar surface area (TPSA) is 28.2 Å². The predicted octanol–water partition coefficient (Wildman–Crippen LogP) is 3.53. The maximum atomic E-state index is 12.8. The normalized spacial score (nSPS) is 18.1. The molecule has 0 radical (unpaired) electrons. The van der Waals surface area contributed by atoms with Gasteiger partial charge in [0.25, 0.3) is 0 Å². The molecule has 1 N–H and O–H groups in total. The van der Waals surface area contributed by atoms with Crippen LogP contribution in [0.15, 0.2) is 18.3 Å². The van der Waals surface area contributed by atoms with Gasteiger partial charge < -0.3 is 10.2 Å². The highest BCUT2D eigenvalue weighted by atomic mass is 19.1. The third-order valence-electron chi connectivity index (χ3n) is 4.53. The number of pyridine rings is 1. The first kappa shape index (κ1) is 16.4. The lowest BCUT2D eigenvalue weighted by Gasteiger charge is -2.31. The lowest BCUT2D eigenvalue weighted by Crippen LogP contribution is -2.35. The summed E-state index contributed by atoms with van der Waals surface area (Å²) in [6, 6.07) is 4.18. The number of rotatable bonds is 7. The van der Waals surface area contributed by atoms with Gasteiger partial charge in [0.15, 0.2) is 0 Å². The summed E-state index contributed by atoms with van der Waals surface area (Å²) in [4.78, 5) is 6.63. The first-order valence-corrected chi connectivity index (χ1v) is 8.22. The molecule has 0 bridgehead atoms. The van der Waals surface area contributed by atoms with E-state index >= 15 is 0 Å². The van der Waals surface area contributed by atoms with Gasteiger partial charge in [0, 0.05) is 12.1 Å². The molecular formula is C17H28FN3. The Labute approximate surface area is 127 Å². The first-order chi connectivity index (χ1) is 10.2. The fourth-order valence-corrected chi connectivity index (χ4v) is 3.10. The second-order valence-corrected chi connectivity index (χ2v) is 6.20. The first-order valence-electron chi connectivity index (χ1n) is 8.22. The number of nitrogens with zero attached hydrogens (tertiary/aromatic N) is 2. The molecule has 1 heterocycles. The summed E-state index contributed by atoms with van der Waals surface area (Å²) in [5, 5.41) is 3.47. The molecule has 4 heteroatoms. The average Bonchev–Trinajstić information content (AvgIpc) is 2.52. The molecule has 1 unspecified atom stereocenters. The summed E-state index contributed by atoms with van der Waals surface area (Å²) < 4.78 is 12.8. The molecule has 118 valence electrons. The van der Waals surface area contributed by atoms with Crippen LogP contribution in [0.2, 0.25) is 0 Å². The van der Waals surface area contributed by atoms with Gasteiger partial charge in [-0.05, 0) is 58.5 Å². The highest BCUT2D eigenvalue weighted by molar-refractivity contribution is 5.08. The summed E-state index contributed by atoms with van der Waals surface area (Å²) in [7, 11) is 2.25. The van der Waals surface area contributed by atoms with Crippen LogP contribution in [0.25, 0.3) is 0 Å². The summed E-state index contributed by atoms with van der Waals surface area (Å²) in [6.07, 6.45) is 9.33. The molecule has 1 atom stereocenters. The summed E-state index contributed by atoms with van der Waals surface area (Å²) in [5.41, 5.74) is 0.900. The van der Waals surface area contributed by atoms with Crippen LogP contribution in [0.3, 0.4) is 0 Å². The third kappa shape index (κ3) is 5.36. The van der Waals surface area contributed by atoms with Gasteiger partial charge in [-0.15, -0.1) is 0 Å². The van der Waals surface area contributed by atoms with Crippen LogP contribution in [-0.4, -0.2) is 36.1 Å². The van der Waals surface area contributed by atoms with E-state index in [9.17, 15) is 4.39 Å². The lowest BCUT2D eigenvalue weighted by molar-refractivity contribution is 0.189. The zero-order chi connectivity index (χ0) is 15.1. The second kappa shape index (κ2) is 8.44. The minimum atomic E-state index is -0.278. The zero-order valence-corrected chi connectivity index (χ0v) is 13.3. The second-order valence-electron chi connectivity index (χ2n) is 6.20. The standard InChI is InChI=1S/C17H28FN3/c1-14(17-10-9-15(18)13-20-17)19-11-6-12-21(2)16-7-4-3-5-8-16/h9-10,13-14,16,19H,3-8,11-12H2,1-2H3. The minimum absolute atomic E-state index is 0.172. The van der Waals surface area contributed by atoms with E-state index in [1.54, 1.807) is 6.07 Å². The Morgan fingerprint density at radius 1 is 1.33 bits per heavy atom. The molecule has 1 aromatic heterocycles. The molecule has 2 rings (SSSR count). The fraction of sp³-hybridized carbons (Fsp3) is 0.706. The summed E-state index contributed by atoms with van der Waals surface area (Å²) in [6.45, 7) is 4.18. The van der Waals surface area contributed by atoms with Gasteiger partial charge in [0.1, 0.15) is 5.82 Å². The van der Waals surface area contributed by atoms with Crippen LogP contribution in [0, 0.1) is 5.82 Å². The van der Waals surface area contributed by atoms with Crippen molar-refractivity contribution in [3.05, 3.63) is 29.8 Å². The number of nitrogens with one attached hydrogen (secondary N) is 1. The Morgan fingerprint density at radius 3 is 2.76 bits per heavy atom. The van der Waals surface area contributed by atoms with Crippen LogP contribution in [0.4, 0.5) is 4.39 Å². The SMILES string of the molecule is CC(NCCCN(C)C1CCCCC1)c1ccc(F)cn1. The molecule has 1 aromatic rings. The summed E-state index contributed by atoms with van der Waals surface area (Å²) in [5.74, 6) is -0.278. The molecule has 1 aliphatic carbocycles. The van der Waals surface area contributed by atoms with Gasteiger partial charge in [0.05, 0.1) is 11.9 Å². The van der Waals surface area contributed by atoms with Crippen LogP contribution >= 0.6 is 0 Å². The molecule has 1 saturated carbocycles. The highest BCUT2D eigenvalue weighted by Crippen LogP contribution is 2.21. The largest absolute Gasteiger partial charge is 0.309 e. The van der Waals surface area contributed by atoms with E-state index in [0.29, 0.717) is 0 Å². The van der Waals surface area contributed by atoms with Crippen molar-refractivity contribution in [2.75, 3.05) is 20.1 Å². The van der Waals surface area contributed by atoms with Crippen molar-refractivity contribution in [3.8, 4) is 0 Å². The van der Waals surface area contributed by atoms with E-state index in [1.807, 2.05) is 0 Å². The highest BCUT2D eigenvalue weighted by Gasteiger charge is 2.17. The van der Waals surface area contributed by atoms with Gasteiger partial charge in [-0.25, -0.2) is 4.39 Å². The van der Waals surface area contributed by atoms with E-state index in [2.05, 4.69) is 29.2 Å². The smallest absolute Gasteiger partial charge is 0.141 e. The molecule has 1 aliphatic rings. The van der Waals surface area contributed by atoms with Crippen molar-refractivity contribution in [2.24, 2.45) is 0 Å². The van der Waals surface area contributed by atoms with Crippen LogP contribution in [0.1, 0.15) is 57.2 Å². The van der Waals surface area contributed by atoms with E-state index in [0.717, 1.165) is 31.2 Å². The van der Waals surface area contributed by atoms with E-state index in [4.69, 9.17) is 0 Å². The molecule has 0 aliphatic heterocycles. The Morgan fingerprint density at radius 2 is 2.10 bits per heavy atom. The van der Waals surface area contributed by atoms with Gasteiger partial charge in [-0.2, -0.15) is 0 Å². The molecular weight excluding hydrogens is 265 g/mol. The van der Waals surface area contributed by atoms with Gasteiger partial charge in [-0.1, -0.05) is 19.3 Å². The van der Waals surface area contributed by atoms with Crippen LogP contribution < -0.4 is 5.32 Å². The summed E-state index contributed by atoms with van der Waals surface area (Å²) >= 11 is 0. The van der Waals surface area contributed by atoms with Crippen molar-refractivity contribution < 1.29 is 4.39 Å². The quantitative estimate of drug-likeness (QED) is 0.780. The van der Waals surface area contributed by atoms with Crippen molar-refractivity contribution in [1.82, 2.24) is 15.2 Å². The number of hydrogen-bond donors (Lipinski definition) is 1. The molecule has 0 aromatic carbocycles. The number of hydrogen-bond acceptors (Lipinski definition) is 3. The Bertz CT molecular complexity index is 401. The minimum Gasteiger partial charge on any atom is -0.309 e. The molecule has 1 fully saturated rings. The Hall–Kier alpha value is -1.00. The van der Waals surface area contributed by atoms with Crippen LogP contribution in [-0.2, 0) is 0 Å². The van der Waals surface area contributed by atoms with E-state index in [1.165, 1.54) is 44.4 Å². The van der Waals surface area contributed by atoms with Crippen LogP contribution in [0.5, 0.6) is 0 Å². The molecule has 21 heavy (non-hydrogen) atoms. The zero-order valence-electron chi connectivity index (χ0n) is 13.3. The molecule has 3 nitrogen and oxygen atoms in total. The lowest BCUT2D eigenvalue weighted by atomic mass is 9.94. The monoisotopic (exact) mass is 293 g/mol. The van der Waals surface area contributed by atoms with Crippen molar-refractivity contribution in [2.45, 2.75) is 57.5 Å².